The summed E-state index contributed by atoms with van der Waals surface area (Å²) in [5.41, 5.74) is 3.66. The number of nitrogens with zero attached hydrogens (tertiary/aromatic N) is 4. The first kappa shape index (κ1) is 24.6. The van der Waals surface area contributed by atoms with Gasteiger partial charge >= 0.3 is 5.76 Å². The molecule has 6 rings (SSSR count). The summed E-state index contributed by atoms with van der Waals surface area (Å²) >= 11 is 5.94. The number of likely N-dealkylation sites (tertiary alicyclic amines) is 1. The standard InChI is InChI=1S/C27H25ClFN5O4/c1-15-12-21(25-30-26(35)38-33-25)31-32-22(15)14-34-10-8-16(9-11-34)18-4-3-5-23-24(18)37-27(2,36-23)19-7-6-17(28)13-20(19)29/h3-7,12-13,16H,8-11,14H2,1-2H3,(H,30,33,35)/t27-/m1/s1. The first-order valence-electron chi connectivity index (χ1n) is 12.4. The molecule has 0 unspecified atom stereocenters. The Morgan fingerprint density at radius 1 is 1.16 bits per heavy atom. The summed E-state index contributed by atoms with van der Waals surface area (Å²) < 4.78 is 31.7. The largest absolute Gasteiger partial charge is 0.444 e. The summed E-state index contributed by atoms with van der Waals surface area (Å²) in [5, 5.41) is 12.6. The third kappa shape index (κ3) is 4.54. The molecule has 2 aromatic heterocycles. The molecule has 4 aromatic rings. The average molecular weight is 538 g/mol. The highest BCUT2D eigenvalue weighted by Gasteiger charge is 2.42. The SMILES string of the molecule is Cc1cc(-c2noc(=O)[nH]2)nnc1CN1CCC(c2cccc3c2O[C@](C)(c2ccc(Cl)cc2F)O3)CC1. The third-order valence-corrected chi connectivity index (χ3v) is 7.44. The minimum Gasteiger partial charge on any atom is -0.444 e. The number of fused-ring (bicyclic) bond motifs is 1. The fourth-order valence-corrected chi connectivity index (χ4v) is 5.33. The van der Waals surface area contributed by atoms with Crippen molar-refractivity contribution in [1.29, 1.82) is 0 Å². The van der Waals surface area contributed by atoms with Gasteiger partial charge in [0.25, 0.3) is 5.79 Å². The summed E-state index contributed by atoms with van der Waals surface area (Å²) in [4.78, 5) is 16.1. The smallest absolute Gasteiger partial charge is 0.439 e. The molecule has 0 amide bonds. The van der Waals surface area contributed by atoms with Crippen molar-refractivity contribution in [3.63, 3.8) is 0 Å². The average Bonchev–Trinajstić information content (AvgIpc) is 3.48. The number of hydrogen-bond acceptors (Lipinski definition) is 8. The molecule has 1 N–H and O–H groups in total. The number of H-pyrrole nitrogens is 1. The molecule has 2 aliphatic rings. The van der Waals surface area contributed by atoms with Crippen molar-refractivity contribution in [3.05, 3.63) is 86.2 Å². The van der Waals surface area contributed by atoms with Crippen LogP contribution in [0.5, 0.6) is 11.5 Å². The number of rotatable bonds is 5. The molecule has 2 aliphatic heterocycles. The van der Waals surface area contributed by atoms with Crippen LogP contribution in [0.1, 0.15) is 48.1 Å². The second-order valence-corrected chi connectivity index (χ2v) is 10.2. The van der Waals surface area contributed by atoms with Gasteiger partial charge in [0.2, 0.25) is 5.82 Å². The minimum absolute atomic E-state index is 0.259. The Morgan fingerprint density at radius 2 is 1.97 bits per heavy atom. The normalized spacial score (nSPS) is 19.7. The van der Waals surface area contributed by atoms with Crippen molar-refractivity contribution in [1.82, 2.24) is 25.2 Å². The van der Waals surface area contributed by atoms with E-state index in [1.165, 1.54) is 6.07 Å². The maximum Gasteiger partial charge on any atom is 0.439 e. The number of aryl methyl sites for hydroxylation is 1. The molecular formula is C27H25ClFN5O4. The van der Waals surface area contributed by atoms with E-state index in [4.69, 9.17) is 21.1 Å². The van der Waals surface area contributed by atoms with Gasteiger partial charge in [-0.15, -0.1) is 5.10 Å². The molecule has 9 nitrogen and oxygen atoms in total. The number of para-hydroxylation sites is 1. The maximum absolute atomic E-state index is 14.7. The van der Waals surface area contributed by atoms with E-state index in [1.54, 1.807) is 19.1 Å². The van der Waals surface area contributed by atoms with E-state index >= 15 is 0 Å². The molecule has 0 radical (unpaired) electrons. The van der Waals surface area contributed by atoms with Crippen LogP contribution in [0.3, 0.4) is 0 Å². The maximum atomic E-state index is 14.7. The van der Waals surface area contributed by atoms with E-state index in [9.17, 15) is 9.18 Å². The van der Waals surface area contributed by atoms with Crippen molar-refractivity contribution < 1.29 is 18.4 Å². The Morgan fingerprint density at radius 3 is 2.68 bits per heavy atom. The highest BCUT2D eigenvalue weighted by molar-refractivity contribution is 6.30. The highest BCUT2D eigenvalue weighted by atomic mass is 35.5. The van der Waals surface area contributed by atoms with Crippen molar-refractivity contribution in [2.45, 2.75) is 44.9 Å². The summed E-state index contributed by atoms with van der Waals surface area (Å²) in [7, 11) is 0. The van der Waals surface area contributed by atoms with Gasteiger partial charge in [-0.1, -0.05) is 28.9 Å². The first-order valence-corrected chi connectivity index (χ1v) is 12.8. The molecule has 1 fully saturated rings. The lowest BCUT2D eigenvalue weighted by Crippen LogP contribution is -2.34. The van der Waals surface area contributed by atoms with E-state index < -0.39 is 17.4 Å². The molecule has 4 heterocycles. The molecule has 0 saturated carbocycles. The highest BCUT2D eigenvalue weighted by Crippen LogP contribution is 2.49. The Hall–Kier alpha value is -3.76. The molecule has 1 atom stereocenters. The summed E-state index contributed by atoms with van der Waals surface area (Å²) in [5.74, 6) is -0.546. The van der Waals surface area contributed by atoms with Crippen molar-refractivity contribution in [2.24, 2.45) is 0 Å². The molecular weight excluding hydrogens is 513 g/mol. The van der Waals surface area contributed by atoms with Crippen molar-refractivity contribution in [2.75, 3.05) is 13.1 Å². The van der Waals surface area contributed by atoms with Gasteiger partial charge in [0.15, 0.2) is 11.5 Å². The van der Waals surface area contributed by atoms with Gasteiger partial charge in [0.1, 0.15) is 11.5 Å². The number of halogens is 2. The molecule has 11 heteroatoms. The second kappa shape index (κ2) is 9.52. The van der Waals surface area contributed by atoms with Crippen LogP contribution in [0, 0.1) is 12.7 Å². The number of benzene rings is 2. The Balaban J connectivity index is 1.14. The molecule has 38 heavy (non-hydrogen) atoms. The molecule has 0 spiro atoms. The van der Waals surface area contributed by atoms with Crippen LogP contribution < -0.4 is 15.2 Å². The van der Waals surface area contributed by atoms with Crippen LogP contribution in [0.25, 0.3) is 11.5 Å². The lowest BCUT2D eigenvalue weighted by molar-refractivity contribution is -0.0712. The zero-order chi connectivity index (χ0) is 26.4. The number of nitrogens with one attached hydrogen (secondary N) is 1. The zero-order valence-corrected chi connectivity index (χ0v) is 21.6. The van der Waals surface area contributed by atoms with E-state index in [-0.39, 0.29) is 11.7 Å². The third-order valence-electron chi connectivity index (χ3n) is 7.20. The first-order chi connectivity index (χ1) is 18.3. The quantitative estimate of drug-likeness (QED) is 0.381. The minimum atomic E-state index is -1.27. The van der Waals surface area contributed by atoms with Gasteiger partial charge in [-0.3, -0.25) is 14.4 Å². The van der Waals surface area contributed by atoms with Crippen LogP contribution in [0.15, 0.2) is 51.8 Å². The van der Waals surface area contributed by atoms with Gasteiger partial charge in [-0.2, -0.15) is 5.10 Å². The topological polar surface area (TPSA) is 106 Å². The van der Waals surface area contributed by atoms with E-state index in [0.717, 1.165) is 42.8 Å². The van der Waals surface area contributed by atoms with Crippen LogP contribution in [0.4, 0.5) is 4.39 Å². The molecule has 0 aliphatic carbocycles. The number of aromatic amines is 1. The summed E-state index contributed by atoms with van der Waals surface area (Å²) in [6.45, 7) is 6.10. The van der Waals surface area contributed by atoms with Crippen molar-refractivity contribution >= 4 is 11.6 Å². The van der Waals surface area contributed by atoms with Gasteiger partial charge in [-0.25, -0.2) is 9.18 Å². The van der Waals surface area contributed by atoms with Crippen LogP contribution >= 0.6 is 11.6 Å². The molecule has 196 valence electrons. The Labute approximate surface area is 222 Å². The number of ether oxygens (including phenoxy) is 2. The summed E-state index contributed by atoms with van der Waals surface area (Å²) in [6.07, 6.45) is 1.85. The van der Waals surface area contributed by atoms with Crippen molar-refractivity contribution in [3.8, 4) is 23.0 Å². The fraction of sp³-hybridized carbons (Fsp3) is 0.333. The van der Waals surface area contributed by atoms with E-state index in [0.29, 0.717) is 34.3 Å². The monoisotopic (exact) mass is 537 g/mol. The second-order valence-electron chi connectivity index (χ2n) is 9.80. The lowest BCUT2D eigenvalue weighted by Gasteiger charge is -2.32. The van der Waals surface area contributed by atoms with Gasteiger partial charge in [0.05, 0.1) is 11.3 Å². The molecule has 0 bridgehead atoms. The van der Waals surface area contributed by atoms with Gasteiger partial charge < -0.3 is 9.47 Å². The van der Waals surface area contributed by atoms with Gasteiger partial charge in [-0.05, 0) is 74.7 Å². The van der Waals surface area contributed by atoms with E-state index in [1.807, 2.05) is 25.1 Å². The van der Waals surface area contributed by atoms with Crippen LogP contribution in [0.2, 0.25) is 5.02 Å². The fourth-order valence-electron chi connectivity index (χ4n) is 5.17. The van der Waals surface area contributed by atoms with E-state index in [2.05, 4.69) is 35.8 Å². The zero-order valence-electron chi connectivity index (χ0n) is 20.8. The van der Waals surface area contributed by atoms with Crippen LogP contribution in [-0.4, -0.2) is 38.3 Å². The summed E-state index contributed by atoms with van der Waals surface area (Å²) in [6, 6.07) is 12.2. The number of hydrogen-bond donors (Lipinski definition) is 1. The predicted octanol–water partition coefficient (Wildman–Crippen LogP) is 4.94. The predicted molar refractivity (Wildman–Crippen MR) is 137 cm³/mol. The van der Waals surface area contributed by atoms with Crippen LogP contribution in [-0.2, 0) is 12.3 Å². The Kier molecular flexibility index (Phi) is 6.16. The lowest BCUT2D eigenvalue weighted by atomic mass is 9.88. The Bertz CT molecular complexity index is 1570. The van der Waals surface area contributed by atoms with Gasteiger partial charge in [0, 0.05) is 24.1 Å². The number of aromatic nitrogens is 4. The number of piperidine rings is 1. The molecule has 1 saturated heterocycles. The molecule has 2 aromatic carbocycles.